The molecule has 0 spiro atoms. The molecule has 0 bridgehead atoms. The van der Waals surface area contributed by atoms with E-state index in [0.29, 0.717) is 13.0 Å². The molecule has 0 aromatic heterocycles. The number of guanidine groups is 1. The monoisotopic (exact) mass is 398 g/mol. The highest BCUT2D eigenvalue weighted by Crippen LogP contribution is 2.02. The molecule has 0 unspecified atom stereocenters. The van der Waals surface area contributed by atoms with Crippen molar-refractivity contribution >= 4 is 35.8 Å². The van der Waals surface area contributed by atoms with Crippen LogP contribution in [0.3, 0.4) is 0 Å². The van der Waals surface area contributed by atoms with Gasteiger partial charge in [-0.1, -0.05) is 13.8 Å². The van der Waals surface area contributed by atoms with Crippen LogP contribution in [-0.4, -0.2) is 50.5 Å². The standard InChI is InChI=1S/C14H30N4O.HI/c1-6-15-14(16-10-7-8-12(2)3)17-11-9-13(19)18(4)5;/h12H,6-11H2,1-5H3,(H2,15,16,17);1H. The summed E-state index contributed by atoms with van der Waals surface area (Å²) in [6.07, 6.45) is 2.79. The van der Waals surface area contributed by atoms with E-state index >= 15 is 0 Å². The number of carbonyl (C=O) groups is 1. The van der Waals surface area contributed by atoms with Crippen LogP contribution < -0.4 is 10.6 Å². The summed E-state index contributed by atoms with van der Waals surface area (Å²) in [5, 5.41) is 6.37. The average molecular weight is 398 g/mol. The summed E-state index contributed by atoms with van der Waals surface area (Å²) in [4.78, 5) is 17.5. The van der Waals surface area contributed by atoms with Gasteiger partial charge in [-0.25, -0.2) is 0 Å². The molecule has 0 saturated carbocycles. The Labute approximate surface area is 141 Å². The Kier molecular flexibility index (Phi) is 14.6. The highest BCUT2D eigenvalue weighted by molar-refractivity contribution is 14.0. The van der Waals surface area contributed by atoms with Crippen LogP contribution in [0.1, 0.15) is 40.0 Å². The molecular weight excluding hydrogens is 367 g/mol. The minimum Gasteiger partial charge on any atom is -0.357 e. The van der Waals surface area contributed by atoms with Crippen LogP contribution in [-0.2, 0) is 4.79 Å². The first-order valence-corrected chi connectivity index (χ1v) is 7.19. The third kappa shape index (κ3) is 12.5. The second-order valence-electron chi connectivity index (χ2n) is 5.26. The number of halogens is 1. The maximum atomic E-state index is 11.4. The first-order valence-electron chi connectivity index (χ1n) is 7.19. The minimum atomic E-state index is 0. The summed E-state index contributed by atoms with van der Waals surface area (Å²) >= 11 is 0. The van der Waals surface area contributed by atoms with Crippen molar-refractivity contribution in [1.29, 1.82) is 0 Å². The average Bonchev–Trinajstić information content (AvgIpc) is 2.33. The van der Waals surface area contributed by atoms with Crippen molar-refractivity contribution in [2.75, 3.05) is 33.7 Å². The molecule has 0 aromatic carbocycles. The molecule has 5 nitrogen and oxygen atoms in total. The van der Waals surface area contributed by atoms with E-state index in [1.807, 2.05) is 6.92 Å². The van der Waals surface area contributed by atoms with Gasteiger partial charge in [-0.2, -0.15) is 0 Å². The molecule has 0 aliphatic heterocycles. The van der Waals surface area contributed by atoms with Gasteiger partial charge in [-0.3, -0.25) is 9.79 Å². The first kappa shape index (κ1) is 21.8. The Hall–Kier alpha value is -0.530. The Bertz CT molecular complexity index is 280. The molecule has 0 saturated heterocycles. The van der Waals surface area contributed by atoms with Crippen molar-refractivity contribution in [3.63, 3.8) is 0 Å². The smallest absolute Gasteiger partial charge is 0.223 e. The zero-order valence-corrected chi connectivity index (χ0v) is 15.9. The molecule has 2 N–H and O–H groups in total. The second-order valence-corrected chi connectivity index (χ2v) is 5.26. The normalized spacial score (nSPS) is 11.0. The van der Waals surface area contributed by atoms with E-state index < -0.39 is 0 Å². The van der Waals surface area contributed by atoms with Gasteiger partial charge in [0.15, 0.2) is 5.96 Å². The van der Waals surface area contributed by atoms with Gasteiger partial charge in [0.05, 0.1) is 0 Å². The van der Waals surface area contributed by atoms with Crippen molar-refractivity contribution in [1.82, 2.24) is 15.5 Å². The number of nitrogens with one attached hydrogen (secondary N) is 2. The maximum Gasteiger partial charge on any atom is 0.223 e. The Morgan fingerprint density at radius 1 is 1.25 bits per heavy atom. The number of hydrogen-bond donors (Lipinski definition) is 2. The lowest BCUT2D eigenvalue weighted by Crippen LogP contribution is -2.39. The van der Waals surface area contributed by atoms with Gasteiger partial charge in [0, 0.05) is 40.2 Å². The highest BCUT2D eigenvalue weighted by Gasteiger charge is 2.04. The number of carbonyl (C=O) groups excluding carboxylic acids is 1. The first-order chi connectivity index (χ1) is 8.97. The molecule has 120 valence electrons. The second kappa shape index (κ2) is 13.5. The summed E-state index contributed by atoms with van der Waals surface area (Å²) in [6, 6.07) is 0. The lowest BCUT2D eigenvalue weighted by atomic mass is 10.1. The van der Waals surface area contributed by atoms with Gasteiger partial charge in [-0.15, -0.1) is 24.0 Å². The fourth-order valence-corrected chi connectivity index (χ4v) is 1.54. The summed E-state index contributed by atoms with van der Waals surface area (Å²) in [5.74, 6) is 1.66. The molecule has 1 amide bonds. The van der Waals surface area contributed by atoms with E-state index in [1.165, 1.54) is 6.42 Å². The van der Waals surface area contributed by atoms with Crippen molar-refractivity contribution in [3.05, 3.63) is 0 Å². The molecule has 0 heterocycles. The van der Waals surface area contributed by atoms with Crippen LogP contribution >= 0.6 is 24.0 Å². The number of aliphatic imine (C=N–C) groups is 1. The van der Waals surface area contributed by atoms with Crippen LogP contribution in [0.5, 0.6) is 0 Å². The summed E-state index contributed by atoms with van der Waals surface area (Å²) in [5.41, 5.74) is 0. The predicted octanol–water partition coefficient (Wildman–Crippen LogP) is 2.07. The van der Waals surface area contributed by atoms with Crippen LogP contribution in [0.4, 0.5) is 0 Å². The van der Waals surface area contributed by atoms with Gasteiger partial charge >= 0.3 is 0 Å². The van der Waals surface area contributed by atoms with E-state index in [9.17, 15) is 4.79 Å². The minimum absolute atomic E-state index is 0. The molecule has 0 radical (unpaired) electrons. The van der Waals surface area contributed by atoms with E-state index in [2.05, 4.69) is 29.5 Å². The van der Waals surface area contributed by atoms with Crippen LogP contribution in [0, 0.1) is 5.92 Å². The molecule has 20 heavy (non-hydrogen) atoms. The Morgan fingerprint density at radius 3 is 2.40 bits per heavy atom. The van der Waals surface area contributed by atoms with Gasteiger partial charge in [0.1, 0.15) is 0 Å². The predicted molar refractivity (Wildman–Crippen MR) is 96.8 cm³/mol. The van der Waals surface area contributed by atoms with E-state index in [0.717, 1.165) is 31.4 Å². The number of rotatable bonds is 8. The topological polar surface area (TPSA) is 56.7 Å². The Morgan fingerprint density at radius 2 is 1.90 bits per heavy atom. The molecule has 0 aromatic rings. The quantitative estimate of drug-likeness (QED) is 0.285. The lowest BCUT2D eigenvalue weighted by molar-refractivity contribution is -0.128. The molecule has 0 fully saturated rings. The molecule has 0 aliphatic carbocycles. The molecule has 0 atom stereocenters. The van der Waals surface area contributed by atoms with Gasteiger partial charge in [-0.05, 0) is 25.7 Å². The van der Waals surface area contributed by atoms with Crippen LogP contribution in [0.25, 0.3) is 0 Å². The van der Waals surface area contributed by atoms with Crippen molar-refractivity contribution in [3.8, 4) is 0 Å². The third-order valence-corrected chi connectivity index (χ3v) is 2.68. The molecule has 0 rings (SSSR count). The van der Waals surface area contributed by atoms with Crippen molar-refractivity contribution in [2.45, 2.75) is 40.0 Å². The van der Waals surface area contributed by atoms with Gasteiger partial charge < -0.3 is 15.5 Å². The number of amides is 1. The summed E-state index contributed by atoms with van der Waals surface area (Å²) in [6.45, 7) is 8.76. The van der Waals surface area contributed by atoms with E-state index in [4.69, 9.17) is 0 Å². The van der Waals surface area contributed by atoms with Crippen molar-refractivity contribution in [2.24, 2.45) is 10.9 Å². The Balaban J connectivity index is 0. The SMILES string of the molecule is CCNC(=NCCCC(C)C)NCCC(=O)N(C)C.I. The van der Waals surface area contributed by atoms with Crippen LogP contribution in [0.2, 0.25) is 0 Å². The number of hydrogen-bond acceptors (Lipinski definition) is 2. The zero-order valence-electron chi connectivity index (χ0n) is 13.5. The fourth-order valence-electron chi connectivity index (χ4n) is 1.54. The molecular formula is C14H31IN4O. The highest BCUT2D eigenvalue weighted by atomic mass is 127. The van der Waals surface area contributed by atoms with Crippen LogP contribution in [0.15, 0.2) is 4.99 Å². The molecule has 0 aliphatic rings. The maximum absolute atomic E-state index is 11.4. The third-order valence-electron chi connectivity index (χ3n) is 2.68. The summed E-state index contributed by atoms with van der Waals surface area (Å²) < 4.78 is 0. The fraction of sp³-hybridized carbons (Fsp3) is 0.857. The summed E-state index contributed by atoms with van der Waals surface area (Å²) in [7, 11) is 3.54. The lowest BCUT2D eigenvalue weighted by Gasteiger charge is -2.13. The van der Waals surface area contributed by atoms with Gasteiger partial charge in [0.2, 0.25) is 5.91 Å². The number of nitrogens with zero attached hydrogens (tertiary/aromatic N) is 2. The zero-order chi connectivity index (χ0) is 14.7. The van der Waals surface area contributed by atoms with E-state index in [1.54, 1.807) is 19.0 Å². The van der Waals surface area contributed by atoms with Crippen molar-refractivity contribution < 1.29 is 4.79 Å². The van der Waals surface area contributed by atoms with Gasteiger partial charge in [0.25, 0.3) is 0 Å². The largest absolute Gasteiger partial charge is 0.357 e. The molecule has 6 heteroatoms. The van der Waals surface area contributed by atoms with E-state index in [-0.39, 0.29) is 29.9 Å².